The van der Waals surface area contributed by atoms with Crippen LogP contribution in [-0.4, -0.2) is 34.5 Å². The number of aromatic nitrogens is 2. The maximum absolute atomic E-state index is 10.2. The average molecular weight is 275 g/mol. The second kappa shape index (κ2) is 7.85. The fourth-order valence-corrected chi connectivity index (χ4v) is 2.44. The molecule has 1 rings (SSSR count). The molecule has 0 spiro atoms. The molecule has 1 heterocycles. The third-order valence-electron chi connectivity index (χ3n) is 1.70. The SMILES string of the molecule is CNC(=C[N+](=O)[O-])NCCSCc1nncs1. The molecule has 0 aliphatic rings. The maximum atomic E-state index is 10.2. The van der Waals surface area contributed by atoms with Crippen LogP contribution in [0.5, 0.6) is 0 Å². The van der Waals surface area contributed by atoms with Crippen molar-refractivity contribution in [2.75, 3.05) is 19.3 Å². The van der Waals surface area contributed by atoms with Crippen LogP contribution in [0.1, 0.15) is 5.01 Å². The molecule has 0 unspecified atom stereocenters. The van der Waals surface area contributed by atoms with Gasteiger partial charge in [-0.15, -0.1) is 21.5 Å². The number of nitro groups is 1. The molecule has 2 N–H and O–H groups in total. The molecule has 9 heteroatoms. The van der Waals surface area contributed by atoms with Crippen molar-refractivity contribution in [3.05, 3.63) is 32.7 Å². The Balaban J connectivity index is 2.13. The number of nitrogens with zero attached hydrogens (tertiary/aromatic N) is 3. The summed E-state index contributed by atoms with van der Waals surface area (Å²) in [6.07, 6.45) is 0.912. The zero-order chi connectivity index (χ0) is 12.5. The summed E-state index contributed by atoms with van der Waals surface area (Å²) in [5, 5.41) is 24.5. The van der Waals surface area contributed by atoms with E-state index in [1.54, 1.807) is 24.3 Å². The Morgan fingerprint density at radius 1 is 1.76 bits per heavy atom. The van der Waals surface area contributed by atoms with Crippen molar-refractivity contribution in [1.29, 1.82) is 0 Å². The van der Waals surface area contributed by atoms with Gasteiger partial charge in [0.05, 0.1) is 4.92 Å². The second-order valence-corrected chi connectivity index (χ2v) is 4.91. The number of hydrogen-bond acceptors (Lipinski definition) is 8. The Hall–Kier alpha value is -1.35. The molecule has 1 aromatic heterocycles. The minimum Gasteiger partial charge on any atom is -0.370 e. The van der Waals surface area contributed by atoms with E-state index in [-0.39, 0.29) is 0 Å². The second-order valence-electron chi connectivity index (χ2n) is 2.89. The zero-order valence-corrected chi connectivity index (χ0v) is 10.9. The monoisotopic (exact) mass is 275 g/mol. The molecule has 7 nitrogen and oxygen atoms in total. The Morgan fingerprint density at radius 3 is 3.18 bits per heavy atom. The Morgan fingerprint density at radius 2 is 2.59 bits per heavy atom. The van der Waals surface area contributed by atoms with Crippen molar-refractivity contribution in [1.82, 2.24) is 20.8 Å². The summed E-state index contributed by atoms with van der Waals surface area (Å²) < 4.78 is 0. The van der Waals surface area contributed by atoms with Crippen molar-refractivity contribution in [2.45, 2.75) is 5.75 Å². The lowest BCUT2D eigenvalue weighted by Gasteiger charge is -2.06. The highest BCUT2D eigenvalue weighted by atomic mass is 32.2. The standard InChI is InChI=1S/C8H13N5O2S2/c1-9-7(4-13(14)15)10-2-3-16-5-8-12-11-6-17-8/h4,6,9-10H,2-3,5H2,1H3. The van der Waals surface area contributed by atoms with E-state index in [4.69, 9.17) is 0 Å². The molecule has 0 saturated carbocycles. The highest BCUT2D eigenvalue weighted by Gasteiger charge is 2.00. The molecular formula is C8H13N5O2S2. The van der Waals surface area contributed by atoms with E-state index in [1.807, 2.05) is 0 Å². The van der Waals surface area contributed by atoms with E-state index in [1.165, 1.54) is 11.3 Å². The van der Waals surface area contributed by atoms with Crippen LogP contribution < -0.4 is 10.6 Å². The van der Waals surface area contributed by atoms with E-state index >= 15 is 0 Å². The van der Waals surface area contributed by atoms with Crippen LogP contribution in [0.25, 0.3) is 0 Å². The lowest BCUT2D eigenvalue weighted by Crippen LogP contribution is -2.26. The number of thioether (sulfide) groups is 1. The lowest BCUT2D eigenvalue weighted by atomic mass is 10.6. The van der Waals surface area contributed by atoms with E-state index in [9.17, 15) is 10.1 Å². The molecule has 0 fully saturated rings. The summed E-state index contributed by atoms with van der Waals surface area (Å²) in [5.74, 6) is 2.07. The molecular weight excluding hydrogens is 262 g/mol. The van der Waals surface area contributed by atoms with Crippen LogP contribution in [0, 0.1) is 10.1 Å². The maximum Gasteiger partial charge on any atom is 0.274 e. The van der Waals surface area contributed by atoms with Gasteiger partial charge >= 0.3 is 0 Å². The van der Waals surface area contributed by atoms with E-state index in [0.29, 0.717) is 12.4 Å². The fraction of sp³-hybridized carbons (Fsp3) is 0.500. The summed E-state index contributed by atoms with van der Waals surface area (Å²) in [7, 11) is 1.64. The van der Waals surface area contributed by atoms with Crippen molar-refractivity contribution in [2.24, 2.45) is 0 Å². The van der Waals surface area contributed by atoms with Crippen molar-refractivity contribution in [3.8, 4) is 0 Å². The quantitative estimate of drug-likeness (QED) is 0.409. The van der Waals surface area contributed by atoms with Gasteiger partial charge in [0, 0.05) is 25.1 Å². The van der Waals surface area contributed by atoms with Gasteiger partial charge in [-0.25, -0.2) is 0 Å². The highest BCUT2D eigenvalue weighted by molar-refractivity contribution is 7.98. The van der Waals surface area contributed by atoms with Gasteiger partial charge in [-0.05, 0) is 0 Å². The minimum absolute atomic E-state index is 0.409. The Bertz CT molecular complexity index is 368. The first-order chi connectivity index (χ1) is 8.22. The summed E-state index contributed by atoms with van der Waals surface area (Å²) in [6, 6.07) is 0. The molecule has 0 aliphatic carbocycles. The topological polar surface area (TPSA) is 93.0 Å². The Kier molecular flexibility index (Phi) is 6.33. The largest absolute Gasteiger partial charge is 0.370 e. The van der Waals surface area contributed by atoms with Crippen molar-refractivity contribution in [3.63, 3.8) is 0 Å². The van der Waals surface area contributed by atoms with Crippen LogP contribution in [0.4, 0.5) is 0 Å². The van der Waals surface area contributed by atoms with Crippen molar-refractivity contribution < 1.29 is 4.92 Å². The first-order valence-corrected chi connectivity index (χ1v) is 6.85. The molecule has 0 aromatic carbocycles. The minimum atomic E-state index is -0.493. The number of rotatable bonds is 8. The van der Waals surface area contributed by atoms with E-state index < -0.39 is 4.92 Å². The van der Waals surface area contributed by atoms with Gasteiger partial charge in [-0.2, -0.15) is 11.8 Å². The van der Waals surface area contributed by atoms with Gasteiger partial charge < -0.3 is 10.6 Å². The molecule has 17 heavy (non-hydrogen) atoms. The smallest absolute Gasteiger partial charge is 0.274 e. The van der Waals surface area contributed by atoms with Gasteiger partial charge in [-0.1, -0.05) is 0 Å². The Labute approximate surface area is 107 Å². The molecule has 0 amide bonds. The molecule has 0 atom stereocenters. The van der Waals surface area contributed by atoms with Crippen LogP contribution in [-0.2, 0) is 5.75 Å². The third kappa shape index (κ3) is 6.07. The van der Waals surface area contributed by atoms with E-state index in [2.05, 4.69) is 20.8 Å². The molecule has 0 bridgehead atoms. The lowest BCUT2D eigenvalue weighted by molar-refractivity contribution is -0.404. The van der Waals surface area contributed by atoms with Crippen molar-refractivity contribution >= 4 is 23.1 Å². The average Bonchev–Trinajstić information content (AvgIpc) is 2.79. The molecule has 1 aromatic rings. The summed E-state index contributed by atoms with van der Waals surface area (Å²) in [6.45, 7) is 0.657. The number of hydrogen-bond donors (Lipinski definition) is 2. The zero-order valence-electron chi connectivity index (χ0n) is 9.25. The van der Waals surface area contributed by atoms with Crippen LogP contribution in [0.15, 0.2) is 17.5 Å². The molecule has 94 valence electrons. The van der Waals surface area contributed by atoms with Gasteiger partial charge in [0.25, 0.3) is 6.20 Å². The van der Waals surface area contributed by atoms with Crippen LogP contribution in [0.3, 0.4) is 0 Å². The molecule has 0 radical (unpaired) electrons. The van der Waals surface area contributed by atoms with Gasteiger partial charge in [-0.3, -0.25) is 10.1 Å². The highest BCUT2D eigenvalue weighted by Crippen LogP contribution is 2.12. The van der Waals surface area contributed by atoms with E-state index in [0.717, 1.165) is 22.7 Å². The van der Waals surface area contributed by atoms with Gasteiger partial charge in [0.2, 0.25) is 0 Å². The predicted molar refractivity (Wildman–Crippen MR) is 68.2 cm³/mol. The summed E-state index contributed by atoms with van der Waals surface area (Å²) in [4.78, 5) is 9.75. The predicted octanol–water partition coefficient (Wildman–Crippen LogP) is 0.656. The number of nitrogens with one attached hydrogen (secondary N) is 2. The van der Waals surface area contributed by atoms with Gasteiger partial charge in [0.15, 0.2) is 5.82 Å². The fourth-order valence-electron chi connectivity index (χ4n) is 0.980. The molecule has 0 saturated heterocycles. The third-order valence-corrected chi connectivity index (χ3v) is 3.55. The normalized spacial score (nSPS) is 11.2. The summed E-state index contributed by atoms with van der Waals surface area (Å²) in [5.41, 5.74) is 1.70. The van der Waals surface area contributed by atoms with Crippen LogP contribution in [0.2, 0.25) is 0 Å². The van der Waals surface area contributed by atoms with Gasteiger partial charge in [0.1, 0.15) is 10.5 Å². The van der Waals surface area contributed by atoms with Crippen LogP contribution >= 0.6 is 23.1 Å². The molecule has 0 aliphatic heterocycles. The first kappa shape index (κ1) is 13.7. The first-order valence-electron chi connectivity index (χ1n) is 4.82. The summed E-state index contributed by atoms with van der Waals surface area (Å²) >= 11 is 3.23.